The van der Waals surface area contributed by atoms with E-state index in [-0.39, 0.29) is 5.78 Å². The molecule has 0 radical (unpaired) electrons. The van der Waals surface area contributed by atoms with Crippen molar-refractivity contribution in [2.45, 2.75) is 38.3 Å². The fraction of sp³-hybridized carbons (Fsp3) is 0.450. The van der Waals surface area contributed by atoms with Crippen molar-refractivity contribution in [2.75, 3.05) is 19.8 Å². The zero-order chi connectivity index (χ0) is 19.1. The highest BCUT2D eigenvalue weighted by atomic mass is 32.1. The van der Waals surface area contributed by atoms with Crippen molar-refractivity contribution in [3.05, 3.63) is 35.0 Å². The van der Waals surface area contributed by atoms with Crippen molar-refractivity contribution >= 4 is 28.0 Å². The van der Waals surface area contributed by atoms with E-state index >= 15 is 0 Å². The first-order valence-electron chi connectivity index (χ1n) is 9.58. The van der Waals surface area contributed by atoms with E-state index in [0.717, 1.165) is 52.5 Å². The average molecular weight is 395 g/mol. The van der Waals surface area contributed by atoms with Gasteiger partial charge >= 0.3 is 0 Å². The fourth-order valence-corrected chi connectivity index (χ4v) is 4.84. The highest BCUT2D eigenvalue weighted by Crippen LogP contribution is 2.29. The lowest BCUT2D eigenvalue weighted by Crippen LogP contribution is -2.48. The molecule has 2 saturated heterocycles. The molecule has 4 heterocycles. The zero-order valence-electron chi connectivity index (χ0n) is 15.7. The summed E-state index contributed by atoms with van der Waals surface area (Å²) < 4.78 is 5.60. The van der Waals surface area contributed by atoms with E-state index < -0.39 is 0 Å². The molecule has 2 aromatic heterocycles. The van der Waals surface area contributed by atoms with E-state index in [1.165, 1.54) is 0 Å². The Labute approximate surface area is 166 Å². The van der Waals surface area contributed by atoms with Crippen LogP contribution >= 0.6 is 11.3 Å². The first-order chi connectivity index (χ1) is 13.7. The molecule has 2 unspecified atom stereocenters. The van der Waals surface area contributed by atoms with Gasteiger partial charge in [0.1, 0.15) is 10.0 Å². The van der Waals surface area contributed by atoms with Crippen molar-refractivity contribution in [3.8, 4) is 10.6 Å². The third-order valence-corrected chi connectivity index (χ3v) is 6.43. The number of hydrogen-bond acceptors (Lipinski definition) is 8. The van der Waals surface area contributed by atoms with Gasteiger partial charge in [-0.25, -0.2) is 0 Å². The maximum absolute atomic E-state index is 12.7. The standard InChI is InChI=1S/C20H21N5O2S/c1-12-21-24-20(28-12)13-2-5-19-14(6-13)7-15(22-23-19)8-18(26)9-25-16-3-4-17(25)11-27-10-16/h2,5-7,16-17H,3-4,8-11H2,1H3. The van der Waals surface area contributed by atoms with Crippen molar-refractivity contribution in [1.29, 1.82) is 0 Å². The molecule has 8 heteroatoms. The molecule has 2 aliphatic heterocycles. The molecule has 0 spiro atoms. The second kappa shape index (κ2) is 7.27. The van der Waals surface area contributed by atoms with Crippen LogP contribution in [0, 0.1) is 6.92 Å². The topological polar surface area (TPSA) is 81.1 Å². The van der Waals surface area contributed by atoms with E-state index in [4.69, 9.17) is 4.74 Å². The number of rotatable bonds is 5. The summed E-state index contributed by atoms with van der Waals surface area (Å²) in [5.74, 6) is 0.184. The Hall–Kier alpha value is -2.29. The molecular formula is C20H21N5O2S. The number of morpholine rings is 1. The summed E-state index contributed by atoms with van der Waals surface area (Å²) in [6, 6.07) is 8.71. The SMILES string of the molecule is Cc1nnc(-c2ccc3nnc(CC(=O)CN4C5CCC4COC5)cc3c2)s1. The molecule has 0 amide bonds. The number of fused-ring (bicyclic) bond motifs is 3. The number of ether oxygens (including phenoxy) is 1. The molecule has 28 heavy (non-hydrogen) atoms. The Balaban J connectivity index is 1.33. The Morgan fingerprint density at radius 2 is 1.96 bits per heavy atom. The van der Waals surface area contributed by atoms with Crippen LogP contribution in [-0.2, 0) is 16.0 Å². The molecule has 3 aromatic rings. The monoisotopic (exact) mass is 395 g/mol. The second-order valence-corrected chi connectivity index (χ2v) is 8.73. The van der Waals surface area contributed by atoms with Crippen LogP contribution in [0.1, 0.15) is 23.5 Å². The summed E-state index contributed by atoms with van der Waals surface area (Å²) in [6.07, 6.45) is 2.56. The fourth-order valence-electron chi connectivity index (χ4n) is 4.15. The van der Waals surface area contributed by atoms with Gasteiger partial charge in [-0.05, 0) is 44.0 Å². The normalized spacial score (nSPS) is 22.0. The number of carbonyl (C=O) groups excluding carboxylic acids is 1. The summed E-state index contributed by atoms with van der Waals surface area (Å²) in [4.78, 5) is 15.0. The minimum absolute atomic E-state index is 0.184. The van der Waals surface area contributed by atoms with Crippen molar-refractivity contribution in [2.24, 2.45) is 0 Å². The van der Waals surface area contributed by atoms with E-state index in [0.29, 0.717) is 30.7 Å². The lowest BCUT2D eigenvalue weighted by atomic mass is 10.1. The number of Topliss-reactive ketones (excluding diaryl/α,β-unsaturated/α-hetero) is 1. The molecule has 144 valence electrons. The van der Waals surface area contributed by atoms with Gasteiger partial charge < -0.3 is 4.74 Å². The third kappa shape index (κ3) is 3.43. The second-order valence-electron chi connectivity index (χ2n) is 7.55. The van der Waals surface area contributed by atoms with Crippen molar-refractivity contribution in [1.82, 2.24) is 25.3 Å². The van der Waals surface area contributed by atoms with Gasteiger partial charge in [0.25, 0.3) is 0 Å². The van der Waals surface area contributed by atoms with Gasteiger partial charge in [0.05, 0.1) is 37.4 Å². The van der Waals surface area contributed by atoms with Crippen LogP contribution in [0.5, 0.6) is 0 Å². The quantitative estimate of drug-likeness (QED) is 0.656. The Bertz CT molecular complexity index is 1020. The van der Waals surface area contributed by atoms with Gasteiger partial charge in [-0.1, -0.05) is 11.3 Å². The maximum atomic E-state index is 12.7. The lowest BCUT2D eigenvalue weighted by molar-refractivity contribution is -0.122. The number of carbonyl (C=O) groups is 1. The Morgan fingerprint density at radius 1 is 1.14 bits per heavy atom. The number of nitrogens with zero attached hydrogens (tertiary/aromatic N) is 5. The minimum atomic E-state index is 0.184. The number of aromatic nitrogens is 4. The number of benzene rings is 1. The maximum Gasteiger partial charge on any atom is 0.152 e. The molecule has 0 aliphatic carbocycles. The van der Waals surface area contributed by atoms with Gasteiger partial charge in [-0.3, -0.25) is 9.69 Å². The van der Waals surface area contributed by atoms with Gasteiger partial charge in [0.2, 0.25) is 0 Å². The van der Waals surface area contributed by atoms with Gasteiger partial charge in [0, 0.05) is 23.0 Å². The summed E-state index contributed by atoms with van der Waals surface area (Å²) in [5, 5.41) is 19.6. The molecule has 0 saturated carbocycles. The van der Waals surface area contributed by atoms with E-state index in [1.807, 2.05) is 31.2 Å². The van der Waals surface area contributed by atoms with Gasteiger partial charge in [0.15, 0.2) is 5.78 Å². The number of aryl methyl sites for hydroxylation is 1. The van der Waals surface area contributed by atoms with Crippen molar-refractivity contribution in [3.63, 3.8) is 0 Å². The molecule has 2 bridgehead atoms. The predicted molar refractivity (Wildman–Crippen MR) is 106 cm³/mol. The van der Waals surface area contributed by atoms with Crippen LogP contribution in [-0.4, -0.2) is 62.9 Å². The average Bonchev–Trinajstić information content (AvgIpc) is 3.20. The van der Waals surface area contributed by atoms with Crippen LogP contribution in [0.2, 0.25) is 0 Å². The van der Waals surface area contributed by atoms with Crippen LogP contribution in [0.25, 0.3) is 21.5 Å². The predicted octanol–water partition coefficient (Wildman–Crippen LogP) is 2.43. The molecule has 1 aromatic carbocycles. The molecular weight excluding hydrogens is 374 g/mol. The molecule has 2 aliphatic rings. The molecule has 2 fully saturated rings. The van der Waals surface area contributed by atoms with Crippen molar-refractivity contribution < 1.29 is 9.53 Å². The number of hydrogen-bond donors (Lipinski definition) is 0. The molecule has 2 atom stereocenters. The summed E-state index contributed by atoms with van der Waals surface area (Å²) in [5.41, 5.74) is 2.53. The van der Waals surface area contributed by atoms with Crippen LogP contribution in [0.3, 0.4) is 0 Å². The number of ketones is 1. The van der Waals surface area contributed by atoms with E-state index in [9.17, 15) is 4.79 Å². The Morgan fingerprint density at radius 3 is 2.71 bits per heavy atom. The summed E-state index contributed by atoms with van der Waals surface area (Å²) in [6.45, 7) is 3.90. The molecule has 5 rings (SSSR count). The van der Waals surface area contributed by atoms with Crippen LogP contribution in [0.15, 0.2) is 24.3 Å². The molecule has 0 N–H and O–H groups in total. The molecule has 7 nitrogen and oxygen atoms in total. The van der Waals surface area contributed by atoms with Crippen LogP contribution < -0.4 is 0 Å². The zero-order valence-corrected chi connectivity index (χ0v) is 16.5. The summed E-state index contributed by atoms with van der Waals surface area (Å²) in [7, 11) is 0. The van der Waals surface area contributed by atoms with Crippen LogP contribution in [0.4, 0.5) is 0 Å². The largest absolute Gasteiger partial charge is 0.378 e. The smallest absolute Gasteiger partial charge is 0.152 e. The van der Waals surface area contributed by atoms with E-state index in [2.05, 4.69) is 25.3 Å². The highest BCUT2D eigenvalue weighted by molar-refractivity contribution is 7.14. The van der Waals surface area contributed by atoms with Gasteiger partial charge in [-0.2, -0.15) is 10.2 Å². The van der Waals surface area contributed by atoms with Gasteiger partial charge in [-0.15, -0.1) is 10.2 Å². The minimum Gasteiger partial charge on any atom is -0.378 e. The summed E-state index contributed by atoms with van der Waals surface area (Å²) >= 11 is 1.56. The lowest BCUT2D eigenvalue weighted by Gasteiger charge is -2.33. The highest BCUT2D eigenvalue weighted by Gasteiger charge is 2.37. The van der Waals surface area contributed by atoms with E-state index in [1.54, 1.807) is 11.3 Å². The Kier molecular flexibility index (Phi) is 4.62. The first-order valence-corrected chi connectivity index (χ1v) is 10.4. The first kappa shape index (κ1) is 17.8. The third-order valence-electron chi connectivity index (χ3n) is 5.54.